The molecule has 3 heteroatoms. The van der Waals surface area contributed by atoms with Crippen LogP contribution in [0.15, 0.2) is 91.1 Å². The van der Waals surface area contributed by atoms with Gasteiger partial charge < -0.3 is 0 Å². The minimum Gasteiger partial charge on any atom is -0.257 e. The zero-order chi connectivity index (χ0) is 18.9. The number of benzene rings is 5. The summed E-state index contributed by atoms with van der Waals surface area (Å²) in [5, 5.41) is 15.9. The van der Waals surface area contributed by atoms with Gasteiger partial charge in [-0.1, -0.05) is 89.0 Å². The van der Waals surface area contributed by atoms with Crippen molar-refractivity contribution < 1.29 is 20.1 Å². The molecule has 143 valence electrons. The Kier molecular flexibility index (Phi) is 3.73. The van der Waals surface area contributed by atoms with E-state index in [0.29, 0.717) is 0 Å². The fourth-order valence-corrected chi connectivity index (χ4v) is 4.96. The molecule has 0 spiro atoms. The van der Waals surface area contributed by atoms with Crippen LogP contribution in [0.25, 0.3) is 59.5 Å². The summed E-state index contributed by atoms with van der Waals surface area (Å²) in [5.41, 5.74) is 2.14. The monoisotopic (exact) mass is 560 g/mol. The van der Waals surface area contributed by atoms with Crippen LogP contribution >= 0.6 is 0 Å². The van der Waals surface area contributed by atoms with Gasteiger partial charge >= 0.3 is 0 Å². The predicted octanol–water partition coefficient (Wildman–Crippen LogP) is 6.90. The maximum Gasteiger partial charge on any atom is 0.0711 e. The van der Waals surface area contributed by atoms with Gasteiger partial charge in [0.05, 0.1) is 5.52 Å². The van der Waals surface area contributed by atoms with Crippen LogP contribution < -0.4 is 0 Å². The van der Waals surface area contributed by atoms with E-state index >= 15 is 0 Å². The van der Waals surface area contributed by atoms with Gasteiger partial charge in [-0.3, -0.25) is 4.52 Å². The van der Waals surface area contributed by atoms with Crippen molar-refractivity contribution in [2.75, 3.05) is 0 Å². The molecule has 1 radical (unpaired) electrons. The van der Waals surface area contributed by atoms with Crippen molar-refractivity contribution in [2.24, 2.45) is 0 Å². The first-order valence-electron chi connectivity index (χ1n) is 9.84. The standard InChI is InChI=1S/C27H15N2.Ir/c1-2-9-19-17(7-1)18-8-3-5-11-21(18)26-23(19)13-14-25-27(26)22-12-6-4-10-20(22)24-15-16-28-29(24)25;/h1-13,15-16H;/q-1;. The van der Waals surface area contributed by atoms with Crippen molar-refractivity contribution in [1.82, 2.24) is 9.61 Å². The normalized spacial score (nSPS) is 11.7. The molecule has 0 fully saturated rings. The molecule has 7 aromatic rings. The second-order valence-corrected chi connectivity index (χ2v) is 7.57. The molecule has 0 bridgehead atoms. The van der Waals surface area contributed by atoms with Crippen molar-refractivity contribution in [3.63, 3.8) is 0 Å². The van der Waals surface area contributed by atoms with Crippen LogP contribution in [-0.4, -0.2) is 9.61 Å². The molecule has 0 N–H and O–H groups in total. The van der Waals surface area contributed by atoms with Crippen molar-refractivity contribution in [2.45, 2.75) is 0 Å². The molecule has 2 heterocycles. The first-order chi connectivity index (χ1) is 14.4. The fourth-order valence-electron chi connectivity index (χ4n) is 4.96. The van der Waals surface area contributed by atoms with Gasteiger partial charge in [-0.15, -0.1) is 10.8 Å². The van der Waals surface area contributed by atoms with Gasteiger partial charge in [0.2, 0.25) is 0 Å². The Morgan fingerprint density at radius 3 is 1.80 bits per heavy atom. The molecule has 2 aromatic heterocycles. The van der Waals surface area contributed by atoms with Gasteiger partial charge in [0.1, 0.15) is 0 Å². The third-order valence-corrected chi connectivity index (χ3v) is 6.14. The van der Waals surface area contributed by atoms with E-state index in [2.05, 4.69) is 96.1 Å². The molecule has 7 rings (SSSR count). The van der Waals surface area contributed by atoms with E-state index in [0.717, 1.165) is 11.0 Å². The van der Waals surface area contributed by atoms with Gasteiger partial charge in [0, 0.05) is 26.3 Å². The summed E-state index contributed by atoms with van der Waals surface area (Å²) in [6.07, 6.45) is 1.87. The second kappa shape index (κ2) is 6.37. The van der Waals surface area contributed by atoms with Crippen molar-refractivity contribution in [1.29, 1.82) is 0 Å². The average Bonchev–Trinajstić information content (AvgIpc) is 3.29. The molecule has 0 unspecified atom stereocenters. The average molecular weight is 560 g/mol. The Morgan fingerprint density at radius 2 is 1.10 bits per heavy atom. The molecule has 0 aliphatic carbocycles. The molecule has 0 saturated carbocycles. The summed E-state index contributed by atoms with van der Waals surface area (Å²) in [7, 11) is 0. The number of hydrogen-bond donors (Lipinski definition) is 0. The molecule has 5 aromatic carbocycles. The SMILES string of the molecule is [Ir].[c-]1cc2c3ccccc3c3ccccc3c2c2c3ccccc3c3ccnn3c12. The van der Waals surface area contributed by atoms with Crippen LogP contribution in [0.2, 0.25) is 0 Å². The molecule has 0 saturated heterocycles. The summed E-state index contributed by atoms with van der Waals surface area (Å²) >= 11 is 0. The number of aromatic nitrogens is 2. The largest absolute Gasteiger partial charge is 0.257 e. The third kappa shape index (κ3) is 2.14. The molecule has 0 aliphatic heterocycles. The molecule has 2 nitrogen and oxygen atoms in total. The van der Waals surface area contributed by atoms with Crippen molar-refractivity contribution in [3.8, 4) is 0 Å². The van der Waals surface area contributed by atoms with E-state index in [1.165, 1.54) is 48.5 Å². The van der Waals surface area contributed by atoms with Crippen LogP contribution in [0.3, 0.4) is 0 Å². The fraction of sp³-hybridized carbons (Fsp3) is 0. The van der Waals surface area contributed by atoms with Crippen molar-refractivity contribution >= 4 is 59.5 Å². The van der Waals surface area contributed by atoms with E-state index in [9.17, 15) is 0 Å². The van der Waals surface area contributed by atoms with Gasteiger partial charge in [0.15, 0.2) is 0 Å². The predicted molar refractivity (Wildman–Crippen MR) is 122 cm³/mol. The van der Waals surface area contributed by atoms with E-state index in [-0.39, 0.29) is 20.1 Å². The van der Waals surface area contributed by atoms with E-state index in [4.69, 9.17) is 0 Å². The van der Waals surface area contributed by atoms with Crippen LogP contribution in [-0.2, 0) is 20.1 Å². The summed E-state index contributed by atoms with van der Waals surface area (Å²) in [4.78, 5) is 0. The van der Waals surface area contributed by atoms with Crippen LogP contribution in [0, 0.1) is 6.07 Å². The first kappa shape index (κ1) is 17.6. The Labute approximate surface area is 186 Å². The number of hydrogen-bond acceptors (Lipinski definition) is 1. The summed E-state index contributed by atoms with van der Waals surface area (Å²) < 4.78 is 2.03. The van der Waals surface area contributed by atoms with Gasteiger partial charge in [-0.2, -0.15) is 17.2 Å². The second-order valence-electron chi connectivity index (χ2n) is 7.57. The molecule has 30 heavy (non-hydrogen) atoms. The molecular formula is C27H15IrN2-. The van der Waals surface area contributed by atoms with Crippen LogP contribution in [0.1, 0.15) is 0 Å². The summed E-state index contributed by atoms with van der Waals surface area (Å²) in [6.45, 7) is 0. The maximum absolute atomic E-state index is 4.63. The van der Waals surface area contributed by atoms with Crippen LogP contribution in [0.5, 0.6) is 0 Å². The van der Waals surface area contributed by atoms with Crippen LogP contribution in [0.4, 0.5) is 0 Å². The number of fused-ring (bicyclic) bond motifs is 13. The van der Waals surface area contributed by atoms with E-state index in [1.807, 2.05) is 10.7 Å². The first-order valence-corrected chi connectivity index (χ1v) is 9.84. The number of rotatable bonds is 0. The van der Waals surface area contributed by atoms with Gasteiger partial charge in [-0.25, -0.2) is 0 Å². The topological polar surface area (TPSA) is 17.3 Å². The van der Waals surface area contributed by atoms with Gasteiger partial charge in [-0.05, 0) is 33.1 Å². The van der Waals surface area contributed by atoms with E-state index < -0.39 is 0 Å². The Balaban J connectivity index is 0.00000175. The Bertz CT molecular complexity index is 1730. The summed E-state index contributed by atoms with van der Waals surface area (Å²) in [5.74, 6) is 0. The number of pyridine rings is 1. The number of nitrogens with zero attached hydrogens (tertiary/aromatic N) is 2. The molecule has 0 aliphatic rings. The molecular weight excluding hydrogens is 545 g/mol. The van der Waals surface area contributed by atoms with Gasteiger partial charge in [0.25, 0.3) is 0 Å². The molecule has 0 amide bonds. The zero-order valence-electron chi connectivity index (χ0n) is 15.9. The third-order valence-electron chi connectivity index (χ3n) is 6.14. The minimum atomic E-state index is 0. The zero-order valence-corrected chi connectivity index (χ0v) is 18.3. The smallest absolute Gasteiger partial charge is 0.0711 e. The van der Waals surface area contributed by atoms with E-state index in [1.54, 1.807) is 0 Å². The van der Waals surface area contributed by atoms with Crippen molar-refractivity contribution in [3.05, 3.63) is 97.2 Å². The Hall–Kier alpha value is -3.26. The maximum atomic E-state index is 4.63. The minimum absolute atomic E-state index is 0. The Morgan fingerprint density at radius 1 is 0.567 bits per heavy atom. The quantitative estimate of drug-likeness (QED) is 0.146. The summed E-state index contributed by atoms with van der Waals surface area (Å²) in [6, 6.07) is 33.8. The molecule has 0 atom stereocenters.